The number of aromatic nitrogens is 2. The summed E-state index contributed by atoms with van der Waals surface area (Å²) in [5.74, 6) is 1.54. The molecule has 1 saturated carbocycles. The van der Waals surface area contributed by atoms with E-state index in [9.17, 15) is 0 Å². The Kier molecular flexibility index (Phi) is 3.85. The minimum absolute atomic E-state index is 0.605. The van der Waals surface area contributed by atoms with E-state index in [1.165, 1.54) is 19.3 Å². The van der Waals surface area contributed by atoms with Crippen LogP contribution in [0.4, 0.5) is 0 Å². The highest BCUT2D eigenvalue weighted by atomic mass is 15.2. The maximum atomic E-state index is 5.80. The maximum absolute atomic E-state index is 5.80. The lowest BCUT2D eigenvalue weighted by Crippen LogP contribution is -2.37. The molecule has 4 nitrogen and oxygen atoms in total. The summed E-state index contributed by atoms with van der Waals surface area (Å²) >= 11 is 0. The van der Waals surface area contributed by atoms with Gasteiger partial charge in [0.05, 0.1) is 6.54 Å². The molecule has 0 saturated heterocycles. The fraction of sp³-hybridized carbons (Fsp3) is 0.667. The van der Waals surface area contributed by atoms with E-state index in [4.69, 9.17) is 5.73 Å². The van der Waals surface area contributed by atoms with Crippen LogP contribution in [-0.4, -0.2) is 34.5 Å². The van der Waals surface area contributed by atoms with Gasteiger partial charge in [-0.25, -0.2) is 9.97 Å². The minimum Gasteiger partial charge on any atom is -0.330 e. The van der Waals surface area contributed by atoms with E-state index in [1.54, 1.807) is 12.4 Å². The summed E-state index contributed by atoms with van der Waals surface area (Å²) < 4.78 is 0. The zero-order valence-electron chi connectivity index (χ0n) is 9.84. The molecule has 2 atom stereocenters. The van der Waals surface area contributed by atoms with Crippen molar-refractivity contribution in [1.82, 2.24) is 14.9 Å². The third kappa shape index (κ3) is 2.57. The lowest BCUT2D eigenvalue weighted by atomic mass is 10.0. The molecular formula is C12H20N4. The SMILES string of the molecule is CN(Cc1ncccn1)C1CCCC1CN. The van der Waals surface area contributed by atoms with Gasteiger partial charge in [-0.05, 0) is 38.4 Å². The van der Waals surface area contributed by atoms with Crippen LogP contribution in [0.5, 0.6) is 0 Å². The summed E-state index contributed by atoms with van der Waals surface area (Å²) in [5, 5.41) is 0. The lowest BCUT2D eigenvalue weighted by molar-refractivity contribution is 0.188. The standard InChI is InChI=1S/C12H20N4/c1-16(9-12-14-6-3-7-15-12)11-5-2-4-10(11)8-13/h3,6-7,10-11H,2,4-5,8-9,13H2,1H3. The van der Waals surface area contributed by atoms with Crippen LogP contribution < -0.4 is 5.73 Å². The lowest BCUT2D eigenvalue weighted by Gasteiger charge is -2.28. The smallest absolute Gasteiger partial charge is 0.142 e. The molecule has 0 aliphatic heterocycles. The molecule has 1 fully saturated rings. The molecule has 0 bridgehead atoms. The van der Waals surface area contributed by atoms with Gasteiger partial charge < -0.3 is 5.73 Å². The summed E-state index contributed by atoms with van der Waals surface area (Å²) in [5.41, 5.74) is 5.80. The molecule has 0 spiro atoms. The van der Waals surface area contributed by atoms with Crippen LogP contribution >= 0.6 is 0 Å². The summed E-state index contributed by atoms with van der Waals surface area (Å²) in [6, 6.07) is 2.45. The van der Waals surface area contributed by atoms with E-state index in [1.807, 2.05) is 6.07 Å². The van der Waals surface area contributed by atoms with Crippen molar-refractivity contribution >= 4 is 0 Å². The van der Waals surface area contributed by atoms with Crippen molar-refractivity contribution in [1.29, 1.82) is 0 Å². The van der Waals surface area contributed by atoms with Crippen LogP contribution in [0.15, 0.2) is 18.5 Å². The second-order valence-corrected chi connectivity index (χ2v) is 4.57. The van der Waals surface area contributed by atoms with Crippen molar-refractivity contribution in [3.05, 3.63) is 24.3 Å². The van der Waals surface area contributed by atoms with Crippen LogP contribution in [-0.2, 0) is 6.54 Å². The van der Waals surface area contributed by atoms with Crippen molar-refractivity contribution in [2.45, 2.75) is 31.8 Å². The molecule has 0 aromatic carbocycles. The fourth-order valence-corrected chi connectivity index (χ4v) is 2.62. The maximum Gasteiger partial charge on any atom is 0.142 e. The highest BCUT2D eigenvalue weighted by Crippen LogP contribution is 2.28. The van der Waals surface area contributed by atoms with Gasteiger partial charge in [0, 0.05) is 18.4 Å². The molecule has 1 aromatic rings. The van der Waals surface area contributed by atoms with Crippen LogP contribution in [0.2, 0.25) is 0 Å². The number of rotatable bonds is 4. The largest absolute Gasteiger partial charge is 0.330 e. The van der Waals surface area contributed by atoms with Crippen LogP contribution in [0.25, 0.3) is 0 Å². The Hall–Kier alpha value is -1.00. The van der Waals surface area contributed by atoms with Gasteiger partial charge in [0.25, 0.3) is 0 Å². The van der Waals surface area contributed by atoms with Crippen molar-refractivity contribution < 1.29 is 0 Å². The number of nitrogens with two attached hydrogens (primary N) is 1. The van der Waals surface area contributed by atoms with Gasteiger partial charge in [-0.15, -0.1) is 0 Å². The number of hydrogen-bond acceptors (Lipinski definition) is 4. The first kappa shape index (κ1) is 11.5. The van der Waals surface area contributed by atoms with Gasteiger partial charge in [-0.2, -0.15) is 0 Å². The van der Waals surface area contributed by atoms with Crippen LogP contribution in [0.3, 0.4) is 0 Å². The molecule has 0 amide bonds. The molecule has 4 heteroatoms. The Balaban J connectivity index is 1.95. The third-order valence-electron chi connectivity index (χ3n) is 3.50. The summed E-state index contributed by atoms with van der Waals surface area (Å²) in [7, 11) is 2.15. The summed E-state index contributed by atoms with van der Waals surface area (Å²) in [6.45, 7) is 1.62. The molecule has 1 heterocycles. The second kappa shape index (κ2) is 5.37. The average Bonchev–Trinajstić information content (AvgIpc) is 2.78. The normalized spacial score (nSPS) is 25.2. The van der Waals surface area contributed by atoms with Crippen LogP contribution in [0, 0.1) is 5.92 Å². The average molecular weight is 220 g/mol. The third-order valence-corrected chi connectivity index (χ3v) is 3.50. The van der Waals surface area contributed by atoms with Crippen LogP contribution in [0.1, 0.15) is 25.1 Å². The molecule has 2 unspecified atom stereocenters. The van der Waals surface area contributed by atoms with Gasteiger partial charge in [0.15, 0.2) is 0 Å². The number of hydrogen-bond donors (Lipinski definition) is 1. The predicted octanol–water partition coefficient (Wildman–Crippen LogP) is 1.04. The topological polar surface area (TPSA) is 55.0 Å². The molecular weight excluding hydrogens is 200 g/mol. The van der Waals surface area contributed by atoms with Crippen molar-refractivity contribution in [3.8, 4) is 0 Å². The summed E-state index contributed by atoms with van der Waals surface area (Å²) in [6.07, 6.45) is 7.41. The van der Waals surface area contributed by atoms with Gasteiger partial charge in [-0.1, -0.05) is 6.42 Å². The predicted molar refractivity (Wildman–Crippen MR) is 63.7 cm³/mol. The Morgan fingerprint density at radius 3 is 2.81 bits per heavy atom. The van der Waals surface area contributed by atoms with E-state index in [2.05, 4.69) is 21.9 Å². The molecule has 2 rings (SSSR count). The number of nitrogens with zero attached hydrogens (tertiary/aromatic N) is 3. The van der Waals surface area contributed by atoms with Crippen molar-refractivity contribution in [2.24, 2.45) is 11.7 Å². The fourth-order valence-electron chi connectivity index (χ4n) is 2.62. The van der Waals surface area contributed by atoms with Gasteiger partial charge in [-0.3, -0.25) is 4.90 Å². The Morgan fingerprint density at radius 2 is 2.12 bits per heavy atom. The highest BCUT2D eigenvalue weighted by Gasteiger charge is 2.29. The van der Waals surface area contributed by atoms with E-state index < -0.39 is 0 Å². The first-order valence-corrected chi connectivity index (χ1v) is 5.97. The van der Waals surface area contributed by atoms with Crippen molar-refractivity contribution in [2.75, 3.05) is 13.6 Å². The van der Waals surface area contributed by atoms with Gasteiger partial charge >= 0.3 is 0 Å². The highest BCUT2D eigenvalue weighted by molar-refractivity contribution is 4.91. The zero-order chi connectivity index (χ0) is 11.4. The molecule has 88 valence electrons. The minimum atomic E-state index is 0.605. The molecule has 1 aliphatic rings. The Bertz CT molecular complexity index is 314. The molecule has 1 aliphatic carbocycles. The molecule has 16 heavy (non-hydrogen) atoms. The van der Waals surface area contributed by atoms with Crippen molar-refractivity contribution in [3.63, 3.8) is 0 Å². The molecule has 1 aromatic heterocycles. The van der Waals surface area contributed by atoms with E-state index in [0.29, 0.717) is 12.0 Å². The molecule has 0 radical (unpaired) electrons. The van der Waals surface area contributed by atoms with Gasteiger partial charge in [0.2, 0.25) is 0 Å². The quantitative estimate of drug-likeness (QED) is 0.823. The monoisotopic (exact) mass is 220 g/mol. The second-order valence-electron chi connectivity index (χ2n) is 4.57. The first-order valence-electron chi connectivity index (χ1n) is 5.97. The molecule has 2 N–H and O–H groups in total. The van der Waals surface area contributed by atoms with E-state index >= 15 is 0 Å². The zero-order valence-corrected chi connectivity index (χ0v) is 9.84. The Morgan fingerprint density at radius 1 is 1.38 bits per heavy atom. The van der Waals surface area contributed by atoms with E-state index in [0.717, 1.165) is 18.9 Å². The summed E-state index contributed by atoms with van der Waals surface area (Å²) in [4.78, 5) is 10.9. The van der Waals surface area contributed by atoms with Gasteiger partial charge in [0.1, 0.15) is 5.82 Å². The first-order chi connectivity index (χ1) is 7.81. The Labute approximate surface area is 96.9 Å². The van der Waals surface area contributed by atoms with E-state index in [-0.39, 0.29) is 0 Å².